The number of rotatable bonds is 8. The molecule has 1 aromatic heterocycles. The molecule has 1 amide bonds. The van der Waals surface area contributed by atoms with Crippen LogP contribution in [0.15, 0.2) is 28.3 Å². The number of aryl methyl sites for hydroxylation is 1. The molecule has 0 saturated carbocycles. The maximum atomic E-state index is 12.8. The van der Waals surface area contributed by atoms with E-state index in [-0.39, 0.29) is 21.5 Å². The Kier molecular flexibility index (Phi) is 7.53. The Morgan fingerprint density at radius 3 is 2.40 bits per heavy atom. The largest absolute Gasteiger partial charge is 0.451 e. The maximum Gasteiger partial charge on any atom is 0.451 e. The maximum absolute atomic E-state index is 12.8. The van der Waals surface area contributed by atoms with E-state index in [0.717, 1.165) is 23.4 Å². The molecule has 2 rings (SSSR count). The molecule has 0 saturated heterocycles. The lowest BCUT2D eigenvalue weighted by Crippen LogP contribution is -2.31. The van der Waals surface area contributed by atoms with Crippen LogP contribution in [0.5, 0.6) is 0 Å². The first-order valence-corrected chi connectivity index (χ1v) is 11.3. The highest BCUT2D eigenvalue weighted by Gasteiger charge is 2.37. The van der Waals surface area contributed by atoms with E-state index in [4.69, 9.17) is 0 Å². The Bertz CT molecular complexity index is 1020. The third-order valence-corrected chi connectivity index (χ3v) is 7.43. The van der Waals surface area contributed by atoms with Crippen molar-refractivity contribution < 1.29 is 26.4 Å². The van der Waals surface area contributed by atoms with Gasteiger partial charge in [-0.2, -0.15) is 17.5 Å². The van der Waals surface area contributed by atoms with Crippen molar-refractivity contribution in [2.45, 2.75) is 37.0 Å². The fourth-order valence-electron chi connectivity index (χ4n) is 2.67. The van der Waals surface area contributed by atoms with Gasteiger partial charge in [-0.25, -0.2) is 8.42 Å². The molecule has 0 radical (unpaired) electrons. The summed E-state index contributed by atoms with van der Waals surface area (Å²) in [5.41, 5.74) is 0.805. The quantitative estimate of drug-likeness (QED) is 0.602. The van der Waals surface area contributed by atoms with Crippen LogP contribution in [-0.4, -0.2) is 52.2 Å². The number of alkyl halides is 3. The number of benzene rings is 1. The molecule has 0 aliphatic rings. The molecular formula is C17H22F3N5O3S2. The SMILES string of the molecule is CCN(CC)S(=O)(=O)c1cc(NC(=O)CSc2nnc(C(F)(F)F)n2C)ccc1C. The molecule has 13 heteroatoms. The van der Waals surface area contributed by atoms with Crippen LogP contribution in [0.3, 0.4) is 0 Å². The highest BCUT2D eigenvalue weighted by atomic mass is 32.2. The third kappa shape index (κ3) is 5.32. The Balaban J connectivity index is 2.12. The number of hydrogen-bond donors (Lipinski definition) is 1. The summed E-state index contributed by atoms with van der Waals surface area (Å²) in [6.45, 7) is 5.74. The van der Waals surface area contributed by atoms with Gasteiger partial charge in [-0.1, -0.05) is 31.7 Å². The van der Waals surface area contributed by atoms with Crippen molar-refractivity contribution in [3.8, 4) is 0 Å². The van der Waals surface area contributed by atoms with Crippen LogP contribution >= 0.6 is 11.8 Å². The van der Waals surface area contributed by atoms with Gasteiger partial charge in [0, 0.05) is 25.8 Å². The summed E-state index contributed by atoms with van der Waals surface area (Å²) in [6.07, 6.45) is -4.64. The summed E-state index contributed by atoms with van der Waals surface area (Å²) >= 11 is 0.787. The number of nitrogens with one attached hydrogen (secondary N) is 1. The van der Waals surface area contributed by atoms with E-state index in [9.17, 15) is 26.4 Å². The summed E-state index contributed by atoms with van der Waals surface area (Å²) < 4.78 is 65.9. The van der Waals surface area contributed by atoms with E-state index in [1.165, 1.54) is 10.4 Å². The Morgan fingerprint density at radius 1 is 1.23 bits per heavy atom. The van der Waals surface area contributed by atoms with Crippen LogP contribution in [0.4, 0.5) is 18.9 Å². The lowest BCUT2D eigenvalue weighted by atomic mass is 10.2. The van der Waals surface area contributed by atoms with Gasteiger partial charge >= 0.3 is 6.18 Å². The third-order valence-electron chi connectivity index (χ3n) is 4.22. The molecule has 0 unspecified atom stereocenters. The van der Waals surface area contributed by atoms with Crippen molar-refractivity contribution in [2.75, 3.05) is 24.2 Å². The molecule has 8 nitrogen and oxygen atoms in total. The Labute approximate surface area is 176 Å². The number of sulfonamides is 1. The van der Waals surface area contributed by atoms with E-state index < -0.39 is 27.9 Å². The lowest BCUT2D eigenvalue weighted by Gasteiger charge is -2.20. The zero-order valence-corrected chi connectivity index (χ0v) is 18.5. The smallest absolute Gasteiger partial charge is 0.325 e. The first-order valence-electron chi connectivity index (χ1n) is 8.91. The summed E-state index contributed by atoms with van der Waals surface area (Å²) in [4.78, 5) is 12.3. The number of carbonyl (C=O) groups excluding carboxylic acids is 1. The fraction of sp³-hybridized carbons (Fsp3) is 0.471. The van der Waals surface area contributed by atoms with Crippen LogP contribution in [0.2, 0.25) is 0 Å². The van der Waals surface area contributed by atoms with Gasteiger partial charge in [-0.15, -0.1) is 10.2 Å². The van der Waals surface area contributed by atoms with Crippen LogP contribution in [0, 0.1) is 6.92 Å². The van der Waals surface area contributed by atoms with Gasteiger partial charge < -0.3 is 9.88 Å². The summed E-state index contributed by atoms with van der Waals surface area (Å²) in [7, 11) is -2.55. The number of aromatic nitrogens is 3. The molecule has 30 heavy (non-hydrogen) atoms. The van der Waals surface area contributed by atoms with E-state index in [1.807, 2.05) is 0 Å². The standard InChI is InChI=1S/C17H22F3N5O3S2/c1-5-25(6-2)30(27,28)13-9-12(8-7-11(13)3)21-14(26)10-29-16-23-22-15(24(16)4)17(18,19)20/h7-9H,5-6,10H2,1-4H3,(H,21,26). The average molecular weight is 466 g/mol. The van der Waals surface area contributed by atoms with Crippen LogP contribution in [-0.2, 0) is 28.0 Å². The van der Waals surface area contributed by atoms with Gasteiger partial charge in [0.2, 0.25) is 21.8 Å². The molecule has 1 heterocycles. The second kappa shape index (κ2) is 9.35. The normalized spacial score (nSPS) is 12.4. The summed E-state index contributed by atoms with van der Waals surface area (Å²) in [6, 6.07) is 4.51. The molecule has 0 fully saturated rings. The van der Waals surface area contributed by atoms with Gasteiger partial charge in [0.05, 0.1) is 10.6 Å². The van der Waals surface area contributed by atoms with Crippen LogP contribution < -0.4 is 5.32 Å². The molecule has 1 aromatic carbocycles. The summed E-state index contributed by atoms with van der Waals surface area (Å²) in [5.74, 6) is -1.91. The molecule has 166 valence electrons. The predicted octanol–water partition coefficient (Wildman–Crippen LogP) is 2.90. The number of hydrogen-bond acceptors (Lipinski definition) is 6. The monoisotopic (exact) mass is 465 g/mol. The zero-order chi connectivity index (χ0) is 22.7. The van der Waals surface area contributed by atoms with Gasteiger partial charge in [0.25, 0.3) is 0 Å². The minimum Gasteiger partial charge on any atom is -0.325 e. The number of halogens is 3. The molecule has 2 aromatic rings. The number of amides is 1. The van der Waals surface area contributed by atoms with E-state index >= 15 is 0 Å². The lowest BCUT2D eigenvalue weighted by molar-refractivity contribution is -0.147. The molecule has 0 aliphatic heterocycles. The number of anilines is 1. The first-order chi connectivity index (χ1) is 13.9. The van der Waals surface area contributed by atoms with Crippen LogP contribution in [0.25, 0.3) is 0 Å². The highest BCUT2D eigenvalue weighted by molar-refractivity contribution is 7.99. The van der Waals surface area contributed by atoms with Gasteiger partial charge in [-0.05, 0) is 24.6 Å². The topological polar surface area (TPSA) is 97.2 Å². The van der Waals surface area contributed by atoms with Crippen molar-refractivity contribution in [3.63, 3.8) is 0 Å². The van der Waals surface area contributed by atoms with Crippen molar-refractivity contribution in [1.82, 2.24) is 19.1 Å². The number of carbonyl (C=O) groups is 1. The molecule has 1 N–H and O–H groups in total. The van der Waals surface area contributed by atoms with Crippen molar-refractivity contribution in [3.05, 3.63) is 29.6 Å². The second-order valence-corrected chi connectivity index (χ2v) is 9.12. The van der Waals surface area contributed by atoms with Gasteiger partial charge in [0.15, 0.2) is 5.16 Å². The first kappa shape index (κ1) is 24.2. The number of thioether (sulfide) groups is 1. The molecule has 0 spiro atoms. The molecule has 0 atom stereocenters. The van der Waals surface area contributed by atoms with E-state index in [2.05, 4.69) is 15.5 Å². The average Bonchev–Trinajstić information content (AvgIpc) is 3.03. The van der Waals surface area contributed by atoms with Crippen molar-refractivity contribution in [1.29, 1.82) is 0 Å². The highest BCUT2D eigenvalue weighted by Crippen LogP contribution is 2.29. The van der Waals surface area contributed by atoms with Crippen LogP contribution in [0.1, 0.15) is 25.2 Å². The van der Waals surface area contributed by atoms with E-state index in [1.54, 1.807) is 32.9 Å². The molecule has 0 aliphatic carbocycles. The minimum absolute atomic E-state index is 0.0637. The summed E-state index contributed by atoms with van der Waals surface area (Å²) in [5, 5.41) is 9.04. The van der Waals surface area contributed by atoms with Gasteiger partial charge in [-0.3, -0.25) is 4.79 Å². The molecular weight excluding hydrogens is 443 g/mol. The second-order valence-electron chi connectivity index (χ2n) is 6.27. The minimum atomic E-state index is -4.64. The Morgan fingerprint density at radius 2 is 1.87 bits per heavy atom. The molecule has 0 bridgehead atoms. The number of nitrogens with zero attached hydrogens (tertiary/aromatic N) is 4. The van der Waals surface area contributed by atoms with Crippen molar-refractivity contribution >= 4 is 33.4 Å². The van der Waals surface area contributed by atoms with E-state index in [0.29, 0.717) is 18.7 Å². The predicted molar refractivity (Wildman–Crippen MR) is 107 cm³/mol. The van der Waals surface area contributed by atoms with Crippen molar-refractivity contribution in [2.24, 2.45) is 7.05 Å². The van der Waals surface area contributed by atoms with Gasteiger partial charge in [0.1, 0.15) is 0 Å². The zero-order valence-electron chi connectivity index (χ0n) is 16.8. The Hall–Kier alpha value is -2.12. The fourth-order valence-corrected chi connectivity index (χ4v) is 5.09.